The average Bonchev–Trinajstić information content (AvgIpc) is 3.83. The summed E-state index contributed by atoms with van der Waals surface area (Å²) in [6, 6.07) is 56.1. The molecule has 0 bridgehead atoms. The van der Waals surface area contributed by atoms with Crippen molar-refractivity contribution in [3.05, 3.63) is 182 Å². The van der Waals surface area contributed by atoms with Crippen molar-refractivity contribution in [2.45, 2.75) is 25.8 Å². The number of fused-ring (bicyclic) bond motifs is 6. The van der Waals surface area contributed by atoms with Gasteiger partial charge in [0, 0.05) is 48.3 Å². The zero-order valence-electron chi connectivity index (χ0n) is 32.3. The molecule has 9 heteroatoms. The molecule has 1 radical (unpaired) electrons. The fourth-order valence-corrected chi connectivity index (χ4v) is 8.49. The van der Waals surface area contributed by atoms with Crippen molar-refractivity contribution in [1.29, 1.82) is 0 Å². The first-order valence-electron chi connectivity index (χ1n) is 19.0. The Labute approximate surface area is 354 Å². The molecular weight excluding hydrogens is 936 g/mol. The van der Waals surface area contributed by atoms with Crippen LogP contribution in [0, 0.1) is 12.1 Å². The van der Waals surface area contributed by atoms with Crippen LogP contribution in [0.2, 0.25) is 19.6 Å². The van der Waals surface area contributed by atoms with E-state index in [0.29, 0.717) is 27.9 Å². The largest absolute Gasteiger partial charge is 0.500 e. The molecule has 3 aromatic heterocycles. The molecule has 7 aromatic carbocycles. The molecule has 3 heterocycles. The van der Waals surface area contributed by atoms with E-state index < -0.39 is 19.8 Å². The Bertz CT molecular complexity index is 3080. The van der Waals surface area contributed by atoms with Crippen LogP contribution in [0.4, 0.5) is 13.2 Å². The van der Waals surface area contributed by atoms with E-state index in [1.807, 2.05) is 144 Å². The van der Waals surface area contributed by atoms with Crippen molar-refractivity contribution in [1.82, 2.24) is 14.5 Å². The van der Waals surface area contributed by atoms with E-state index >= 15 is 0 Å². The van der Waals surface area contributed by atoms with Crippen molar-refractivity contribution in [2.75, 3.05) is 0 Å². The third kappa shape index (κ3) is 7.53. The minimum absolute atomic E-state index is 0. The third-order valence-corrected chi connectivity index (χ3v) is 12.4. The van der Waals surface area contributed by atoms with Crippen molar-refractivity contribution >= 4 is 57.0 Å². The van der Waals surface area contributed by atoms with Gasteiger partial charge in [-0.1, -0.05) is 134 Å². The summed E-state index contributed by atoms with van der Waals surface area (Å²) in [5.74, 6) is 0.446. The van der Waals surface area contributed by atoms with Crippen LogP contribution in [0.15, 0.2) is 168 Å². The number of nitrogens with zero attached hydrogens (tertiary/aromatic N) is 3. The Balaban J connectivity index is 0.000000240. The summed E-state index contributed by atoms with van der Waals surface area (Å²) < 4.78 is 51.7. The number of hydrogen-bond acceptors (Lipinski definition) is 3. The van der Waals surface area contributed by atoms with Crippen LogP contribution in [-0.2, 0) is 26.3 Å². The number of halogens is 3. The first-order valence-corrected chi connectivity index (χ1v) is 22.5. The number of para-hydroxylation sites is 3. The Morgan fingerprint density at radius 2 is 1.41 bits per heavy atom. The molecule has 0 fully saturated rings. The summed E-state index contributed by atoms with van der Waals surface area (Å²) in [4.78, 5) is 9.48. The van der Waals surface area contributed by atoms with Crippen molar-refractivity contribution in [2.24, 2.45) is 0 Å². The molecule has 0 unspecified atom stereocenters. The van der Waals surface area contributed by atoms with Gasteiger partial charge in [-0.15, -0.1) is 48.0 Å². The topological polar surface area (TPSA) is 43.9 Å². The van der Waals surface area contributed by atoms with Crippen LogP contribution in [0.1, 0.15) is 5.56 Å². The molecule has 10 rings (SSSR count). The van der Waals surface area contributed by atoms with Gasteiger partial charge in [-0.2, -0.15) is 13.2 Å². The summed E-state index contributed by atoms with van der Waals surface area (Å²) in [5.41, 5.74) is 6.47. The number of furan rings is 1. The fourth-order valence-electron chi connectivity index (χ4n) is 7.46. The molecule has 0 aliphatic rings. The number of imidazole rings is 1. The van der Waals surface area contributed by atoms with Crippen LogP contribution in [0.5, 0.6) is 0 Å². The molecular formula is C50H36F3IrN3OSi-2. The molecule has 0 amide bonds. The number of hydrogen-bond donors (Lipinski definition) is 0. The summed E-state index contributed by atoms with van der Waals surface area (Å²) in [6.07, 6.45) is -2.59. The standard InChI is InChI=1S/C36H20F3N2O.C14H16NSi.Ir/c37-36(38,39)28-21-20-27(34-32(28)26-19-18-23-12-4-5-14-25(23)33(26)42-34)35-40-29-15-7-9-17-31(29)41(35)30-16-8-6-13-24(30)22-10-2-1-3-11-22;1-16(2,3)13-9-10-14(15-11-13)12-7-5-4-6-8-12;/h1-19,21H;4-7,9-11H,1-3H3;/q2*-1;. The second-order valence-corrected chi connectivity index (χ2v) is 20.2. The molecule has 0 spiro atoms. The molecule has 0 N–H and O–H groups in total. The molecule has 0 saturated carbocycles. The Morgan fingerprint density at radius 3 is 2.15 bits per heavy atom. The molecule has 10 aromatic rings. The molecule has 0 saturated heterocycles. The number of alkyl halides is 3. The van der Waals surface area contributed by atoms with E-state index in [1.165, 1.54) is 5.19 Å². The molecule has 293 valence electrons. The van der Waals surface area contributed by atoms with Crippen molar-refractivity contribution in [3.63, 3.8) is 0 Å². The number of aromatic nitrogens is 3. The predicted molar refractivity (Wildman–Crippen MR) is 232 cm³/mol. The first-order chi connectivity index (χ1) is 28.1. The van der Waals surface area contributed by atoms with Gasteiger partial charge in [0.25, 0.3) is 0 Å². The molecule has 0 atom stereocenters. The van der Waals surface area contributed by atoms with Gasteiger partial charge in [-0.25, -0.2) is 0 Å². The van der Waals surface area contributed by atoms with Gasteiger partial charge >= 0.3 is 6.18 Å². The second-order valence-electron chi connectivity index (χ2n) is 15.1. The number of pyridine rings is 1. The van der Waals surface area contributed by atoms with E-state index in [0.717, 1.165) is 50.4 Å². The molecule has 0 aliphatic heterocycles. The van der Waals surface area contributed by atoms with Crippen LogP contribution >= 0.6 is 0 Å². The zero-order chi connectivity index (χ0) is 40.0. The summed E-state index contributed by atoms with van der Waals surface area (Å²) in [5, 5.41) is 3.43. The smallest absolute Gasteiger partial charge is 0.382 e. The summed E-state index contributed by atoms with van der Waals surface area (Å²) >= 11 is 0. The number of benzene rings is 7. The summed E-state index contributed by atoms with van der Waals surface area (Å²) in [7, 11) is -1.23. The van der Waals surface area contributed by atoms with Gasteiger partial charge < -0.3 is 14.0 Å². The van der Waals surface area contributed by atoms with E-state index in [-0.39, 0.29) is 31.1 Å². The number of rotatable bonds is 5. The Hall–Kier alpha value is -6.12. The van der Waals surface area contributed by atoms with Gasteiger partial charge in [-0.05, 0) is 51.0 Å². The molecule has 59 heavy (non-hydrogen) atoms. The zero-order valence-corrected chi connectivity index (χ0v) is 35.7. The maximum Gasteiger partial charge on any atom is 0.382 e. The Kier molecular flexibility index (Phi) is 10.7. The monoisotopic (exact) mass is 972 g/mol. The normalized spacial score (nSPS) is 11.8. The second kappa shape index (κ2) is 15.9. The maximum atomic E-state index is 14.4. The predicted octanol–water partition coefficient (Wildman–Crippen LogP) is 13.3. The van der Waals surface area contributed by atoms with Gasteiger partial charge in [0.15, 0.2) is 0 Å². The molecule has 0 aliphatic carbocycles. The van der Waals surface area contributed by atoms with Gasteiger partial charge in [-0.3, -0.25) is 4.98 Å². The minimum atomic E-state index is -4.60. The van der Waals surface area contributed by atoms with Crippen molar-refractivity contribution < 1.29 is 37.7 Å². The van der Waals surface area contributed by atoms with Crippen LogP contribution < -0.4 is 5.19 Å². The van der Waals surface area contributed by atoms with Crippen molar-refractivity contribution in [3.8, 4) is 39.5 Å². The fraction of sp³-hybridized carbons (Fsp3) is 0.0800. The van der Waals surface area contributed by atoms with Crippen LogP contribution in [0.25, 0.3) is 83.2 Å². The van der Waals surface area contributed by atoms with E-state index in [4.69, 9.17) is 9.40 Å². The quantitative estimate of drug-likeness (QED) is 0.127. The maximum absolute atomic E-state index is 14.4. The van der Waals surface area contributed by atoms with E-state index in [2.05, 4.69) is 48.9 Å². The van der Waals surface area contributed by atoms with Gasteiger partial charge in [0.1, 0.15) is 5.58 Å². The van der Waals surface area contributed by atoms with Crippen LogP contribution in [-0.4, -0.2) is 22.6 Å². The first kappa shape index (κ1) is 39.7. The minimum Gasteiger partial charge on any atom is -0.500 e. The third-order valence-electron chi connectivity index (χ3n) is 10.4. The Morgan fingerprint density at radius 1 is 0.678 bits per heavy atom. The SMILES string of the molecule is C[Si](C)(C)c1ccc(-c2[c-]cccc2)nc1.FC(F)(F)c1c[c-]c(-c2nc3ccccc3n2-c2ccccc2-c2ccccc2)c2oc3c4ccccc4ccc3c12.[Ir]. The van der Waals surface area contributed by atoms with E-state index in [1.54, 1.807) is 6.07 Å². The van der Waals surface area contributed by atoms with Gasteiger partial charge in [0.2, 0.25) is 0 Å². The summed E-state index contributed by atoms with van der Waals surface area (Å²) in [6.45, 7) is 7.00. The van der Waals surface area contributed by atoms with E-state index in [9.17, 15) is 13.2 Å². The average molecular weight is 972 g/mol. The van der Waals surface area contributed by atoms with Crippen LogP contribution in [0.3, 0.4) is 0 Å². The van der Waals surface area contributed by atoms with Gasteiger partial charge in [0.05, 0.1) is 30.5 Å². The molecule has 4 nitrogen and oxygen atoms in total.